The molecular weight excluding hydrogens is 288 g/mol. The number of hydrogen-bond donors (Lipinski definition) is 1. The van der Waals surface area contributed by atoms with Gasteiger partial charge in [0.2, 0.25) is 5.91 Å². The van der Waals surface area contributed by atoms with E-state index in [2.05, 4.69) is 5.32 Å². The van der Waals surface area contributed by atoms with Gasteiger partial charge in [0.1, 0.15) is 0 Å². The highest BCUT2D eigenvalue weighted by Crippen LogP contribution is 2.25. The minimum Gasteiger partial charge on any atom is -0.353 e. The van der Waals surface area contributed by atoms with Crippen LogP contribution in [-0.4, -0.2) is 35.8 Å². The number of piperidine rings is 1. The molecule has 124 valence electrons. The fraction of sp³-hybridized carbons (Fsp3) is 0.579. The van der Waals surface area contributed by atoms with Gasteiger partial charge in [0.15, 0.2) is 0 Å². The zero-order valence-electron chi connectivity index (χ0n) is 13.9. The van der Waals surface area contributed by atoms with Gasteiger partial charge in [-0.3, -0.25) is 9.59 Å². The van der Waals surface area contributed by atoms with Gasteiger partial charge in [-0.15, -0.1) is 0 Å². The summed E-state index contributed by atoms with van der Waals surface area (Å²) in [5, 5.41) is 3.19. The maximum absolute atomic E-state index is 12.5. The van der Waals surface area contributed by atoms with Crippen LogP contribution in [0.1, 0.15) is 54.4 Å². The molecule has 1 aromatic carbocycles. The first-order chi connectivity index (χ1) is 11.1. The van der Waals surface area contributed by atoms with Crippen LogP contribution in [0.15, 0.2) is 24.3 Å². The second kappa shape index (κ2) is 7.16. The summed E-state index contributed by atoms with van der Waals surface area (Å²) in [7, 11) is 0. The van der Waals surface area contributed by atoms with Crippen molar-refractivity contribution in [2.24, 2.45) is 5.92 Å². The lowest BCUT2D eigenvalue weighted by molar-refractivity contribution is -0.125. The Morgan fingerprint density at radius 2 is 1.61 bits per heavy atom. The van der Waals surface area contributed by atoms with Gasteiger partial charge in [-0.25, -0.2) is 0 Å². The number of likely N-dealkylation sites (tertiary alicyclic amines) is 1. The summed E-state index contributed by atoms with van der Waals surface area (Å²) < 4.78 is 0. The lowest BCUT2D eigenvalue weighted by atomic mass is 10.0. The molecular formula is C19H26N2O2. The van der Waals surface area contributed by atoms with Crippen LogP contribution in [0.2, 0.25) is 0 Å². The highest BCUT2D eigenvalue weighted by atomic mass is 16.2. The minimum absolute atomic E-state index is 0.102. The first kappa shape index (κ1) is 16.0. The molecule has 1 heterocycles. The Morgan fingerprint density at radius 1 is 1.00 bits per heavy atom. The van der Waals surface area contributed by atoms with Crippen LogP contribution in [0.25, 0.3) is 0 Å². The summed E-state index contributed by atoms with van der Waals surface area (Å²) in [6.07, 6.45) is 6.16. The van der Waals surface area contributed by atoms with E-state index in [1.54, 1.807) is 0 Å². The number of hydrogen-bond acceptors (Lipinski definition) is 2. The first-order valence-corrected chi connectivity index (χ1v) is 8.80. The van der Waals surface area contributed by atoms with Crippen molar-refractivity contribution in [3.8, 4) is 0 Å². The third-order valence-corrected chi connectivity index (χ3v) is 5.15. The van der Waals surface area contributed by atoms with E-state index in [9.17, 15) is 9.59 Å². The topological polar surface area (TPSA) is 49.4 Å². The van der Waals surface area contributed by atoms with Gasteiger partial charge in [-0.05, 0) is 44.7 Å². The molecule has 0 unspecified atom stereocenters. The molecule has 1 saturated carbocycles. The fourth-order valence-corrected chi connectivity index (χ4v) is 3.61. The number of nitrogens with zero attached hydrogens (tertiary/aromatic N) is 1. The number of rotatable bonds is 3. The smallest absolute Gasteiger partial charge is 0.253 e. The zero-order chi connectivity index (χ0) is 16.2. The van der Waals surface area contributed by atoms with Crippen molar-refractivity contribution in [1.29, 1.82) is 0 Å². The lowest BCUT2D eigenvalue weighted by Crippen LogP contribution is -2.47. The van der Waals surface area contributed by atoms with Crippen LogP contribution in [-0.2, 0) is 4.79 Å². The Kier molecular flexibility index (Phi) is 4.99. The van der Waals surface area contributed by atoms with Crippen molar-refractivity contribution < 1.29 is 9.59 Å². The van der Waals surface area contributed by atoms with Gasteiger partial charge >= 0.3 is 0 Å². The highest BCUT2D eigenvalue weighted by Gasteiger charge is 2.28. The van der Waals surface area contributed by atoms with E-state index in [1.165, 1.54) is 12.8 Å². The largest absolute Gasteiger partial charge is 0.353 e. The van der Waals surface area contributed by atoms with Gasteiger partial charge in [-0.1, -0.05) is 30.5 Å². The summed E-state index contributed by atoms with van der Waals surface area (Å²) in [6, 6.07) is 7.96. The van der Waals surface area contributed by atoms with Crippen molar-refractivity contribution in [1.82, 2.24) is 10.2 Å². The average Bonchev–Trinajstić information content (AvgIpc) is 3.10. The molecule has 1 N–H and O–H groups in total. The lowest BCUT2D eigenvalue weighted by Gasteiger charge is -2.33. The van der Waals surface area contributed by atoms with Crippen LogP contribution in [0.5, 0.6) is 0 Å². The molecule has 2 fully saturated rings. The normalized spacial score (nSPS) is 19.8. The molecule has 4 heteroatoms. The van der Waals surface area contributed by atoms with Crippen LogP contribution >= 0.6 is 0 Å². The van der Waals surface area contributed by atoms with Crippen LogP contribution in [0.3, 0.4) is 0 Å². The van der Waals surface area contributed by atoms with Crippen molar-refractivity contribution >= 4 is 11.8 Å². The van der Waals surface area contributed by atoms with Crippen LogP contribution < -0.4 is 5.32 Å². The summed E-state index contributed by atoms with van der Waals surface area (Å²) >= 11 is 0. The molecule has 0 radical (unpaired) electrons. The second-order valence-electron chi connectivity index (χ2n) is 6.92. The third kappa shape index (κ3) is 3.92. The molecule has 1 aliphatic carbocycles. The SMILES string of the molecule is Cc1ccc(C(=O)N2CCC(NC(=O)C3CCCC3)CC2)cc1. The number of nitrogens with one attached hydrogen (secondary N) is 1. The van der Waals surface area contributed by atoms with E-state index in [0.717, 1.165) is 49.9 Å². The zero-order valence-corrected chi connectivity index (χ0v) is 13.9. The van der Waals surface area contributed by atoms with Gasteiger partial charge in [-0.2, -0.15) is 0 Å². The minimum atomic E-state index is 0.102. The standard InChI is InChI=1S/C19H26N2O2/c1-14-6-8-16(9-7-14)19(23)21-12-10-17(11-13-21)20-18(22)15-4-2-3-5-15/h6-9,15,17H,2-5,10-13H2,1H3,(H,20,22). The van der Waals surface area contributed by atoms with Crippen molar-refractivity contribution in [3.63, 3.8) is 0 Å². The Bertz CT molecular complexity index is 553. The van der Waals surface area contributed by atoms with Crippen molar-refractivity contribution in [2.45, 2.75) is 51.5 Å². The number of aryl methyl sites for hydroxylation is 1. The van der Waals surface area contributed by atoms with E-state index in [-0.39, 0.29) is 23.8 Å². The van der Waals surface area contributed by atoms with Gasteiger partial charge < -0.3 is 10.2 Å². The number of amides is 2. The third-order valence-electron chi connectivity index (χ3n) is 5.15. The Balaban J connectivity index is 1.49. The Hall–Kier alpha value is -1.84. The van der Waals surface area contributed by atoms with Crippen molar-refractivity contribution in [2.75, 3.05) is 13.1 Å². The van der Waals surface area contributed by atoms with Gasteiger partial charge in [0, 0.05) is 30.6 Å². The summed E-state index contributed by atoms with van der Waals surface area (Å²) in [5.74, 6) is 0.554. The molecule has 1 aliphatic heterocycles. The number of benzene rings is 1. The Labute approximate surface area is 138 Å². The summed E-state index contributed by atoms with van der Waals surface area (Å²) in [5.41, 5.74) is 1.92. The molecule has 2 aliphatic rings. The van der Waals surface area contributed by atoms with E-state index in [1.807, 2.05) is 36.1 Å². The maximum atomic E-state index is 12.5. The van der Waals surface area contributed by atoms with E-state index in [4.69, 9.17) is 0 Å². The molecule has 3 rings (SSSR count). The molecule has 23 heavy (non-hydrogen) atoms. The van der Waals surface area contributed by atoms with E-state index in [0.29, 0.717) is 0 Å². The quantitative estimate of drug-likeness (QED) is 0.932. The van der Waals surface area contributed by atoms with Crippen LogP contribution in [0, 0.1) is 12.8 Å². The van der Waals surface area contributed by atoms with Gasteiger partial charge in [0.05, 0.1) is 0 Å². The first-order valence-electron chi connectivity index (χ1n) is 8.80. The molecule has 0 atom stereocenters. The predicted octanol–water partition coefficient (Wildman–Crippen LogP) is 2.91. The second-order valence-corrected chi connectivity index (χ2v) is 6.92. The molecule has 1 aromatic rings. The predicted molar refractivity (Wildman–Crippen MR) is 90.2 cm³/mol. The summed E-state index contributed by atoms with van der Waals surface area (Å²) in [4.78, 5) is 26.6. The molecule has 0 aromatic heterocycles. The molecule has 0 bridgehead atoms. The number of carbonyl (C=O) groups excluding carboxylic acids is 2. The maximum Gasteiger partial charge on any atom is 0.253 e. The molecule has 2 amide bonds. The number of carbonyl (C=O) groups is 2. The van der Waals surface area contributed by atoms with Crippen LogP contribution in [0.4, 0.5) is 0 Å². The van der Waals surface area contributed by atoms with Gasteiger partial charge in [0.25, 0.3) is 5.91 Å². The van der Waals surface area contributed by atoms with Crippen molar-refractivity contribution in [3.05, 3.63) is 35.4 Å². The monoisotopic (exact) mass is 314 g/mol. The molecule has 1 saturated heterocycles. The fourth-order valence-electron chi connectivity index (χ4n) is 3.61. The van der Waals surface area contributed by atoms with E-state index >= 15 is 0 Å². The molecule has 4 nitrogen and oxygen atoms in total. The Morgan fingerprint density at radius 3 is 2.22 bits per heavy atom. The van der Waals surface area contributed by atoms with E-state index < -0.39 is 0 Å². The highest BCUT2D eigenvalue weighted by molar-refractivity contribution is 5.94. The molecule has 0 spiro atoms. The summed E-state index contributed by atoms with van der Waals surface area (Å²) in [6.45, 7) is 3.47. The average molecular weight is 314 g/mol.